The molecule has 0 spiro atoms. The van der Waals surface area contributed by atoms with Gasteiger partial charge in [-0.05, 0) is 42.5 Å². The van der Waals surface area contributed by atoms with E-state index in [0.29, 0.717) is 54.7 Å². The summed E-state index contributed by atoms with van der Waals surface area (Å²) in [5.74, 6) is -0.262. The van der Waals surface area contributed by atoms with Gasteiger partial charge in [-0.15, -0.1) is 11.3 Å². The van der Waals surface area contributed by atoms with Gasteiger partial charge in [0, 0.05) is 26.2 Å². The van der Waals surface area contributed by atoms with E-state index in [2.05, 4.69) is 4.90 Å². The van der Waals surface area contributed by atoms with E-state index < -0.39 is 17.7 Å². The standard InChI is InChI=1S/C25H30N2O6S/c1-3-33-18-8-7-17(16-19(18)31-2)22-21(23(28)20-6-4-15-34-20)24(29)25(30)27(22)10-5-9-26-11-13-32-14-12-26/h4,6-8,15-16,22,29H,3,5,9-14H2,1-2H3/t22-/m1/s1. The highest BCUT2D eigenvalue weighted by Crippen LogP contribution is 2.42. The Hall–Kier alpha value is -2.88. The molecule has 2 aliphatic heterocycles. The zero-order valence-electron chi connectivity index (χ0n) is 19.5. The van der Waals surface area contributed by atoms with Gasteiger partial charge in [-0.25, -0.2) is 0 Å². The molecule has 9 heteroatoms. The van der Waals surface area contributed by atoms with E-state index in [4.69, 9.17) is 14.2 Å². The molecule has 182 valence electrons. The molecule has 8 nitrogen and oxygen atoms in total. The maximum Gasteiger partial charge on any atom is 0.290 e. The molecule has 1 amide bonds. The van der Waals surface area contributed by atoms with Crippen molar-refractivity contribution < 1.29 is 28.9 Å². The van der Waals surface area contributed by atoms with Crippen LogP contribution in [0.1, 0.15) is 34.6 Å². The molecule has 1 aromatic carbocycles. The predicted molar refractivity (Wildman–Crippen MR) is 129 cm³/mol. The molecule has 0 aliphatic carbocycles. The Labute approximate surface area is 203 Å². The maximum absolute atomic E-state index is 13.4. The van der Waals surface area contributed by atoms with Crippen molar-refractivity contribution in [2.24, 2.45) is 0 Å². The van der Waals surface area contributed by atoms with Crippen molar-refractivity contribution in [3.8, 4) is 11.5 Å². The molecule has 4 rings (SSSR count). The zero-order chi connectivity index (χ0) is 24.1. The second-order valence-corrected chi connectivity index (χ2v) is 9.07. The fourth-order valence-electron chi connectivity index (χ4n) is 4.42. The molecule has 0 bridgehead atoms. The molecule has 0 radical (unpaired) electrons. The summed E-state index contributed by atoms with van der Waals surface area (Å²) in [6.45, 7) is 6.71. The van der Waals surface area contributed by atoms with Crippen LogP contribution in [0, 0.1) is 0 Å². The molecule has 3 heterocycles. The summed E-state index contributed by atoms with van der Waals surface area (Å²) in [5, 5.41) is 12.6. The van der Waals surface area contributed by atoms with Crippen LogP contribution in [0.25, 0.3) is 0 Å². The molecule has 1 aromatic heterocycles. The largest absolute Gasteiger partial charge is 0.503 e. The molecule has 2 aromatic rings. The fraction of sp³-hybridized carbons (Fsp3) is 0.440. The third-order valence-corrected chi connectivity index (χ3v) is 6.94. The SMILES string of the molecule is CCOc1ccc([C@@H]2C(C(=O)c3cccs3)=C(O)C(=O)N2CCCN2CCOCC2)cc1OC. The zero-order valence-corrected chi connectivity index (χ0v) is 20.3. The minimum absolute atomic E-state index is 0.102. The molecule has 0 saturated carbocycles. The van der Waals surface area contributed by atoms with E-state index in [1.165, 1.54) is 11.3 Å². The van der Waals surface area contributed by atoms with E-state index in [9.17, 15) is 14.7 Å². The highest BCUT2D eigenvalue weighted by Gasteiger charge is 2.44. The number of thiophene rings is 1. The third kappa shape index (κ3) is 4.96. The summed E-state index contributed by atoms with van der Waals surface area (Å²) >= 11 is 1.29. The number of rotatable bonds is 10. The van der Waals surface area contributed by atoms with Crippen LogP contribution in [0.2, 0.25) is 0 Å². The van der Waals surface area contributed by atoms with E-state index in [1.54, 1.807) is 41.7 Å². The number of hydrogen-bond acceptors (Lipinski definition) is 8. The van der Waals surface area contributed by atoms with Crippen molar-refractivity contribution in [1.29, 1.82) is 0 Å². The van der Waals surface area contributed by atoms with Crippen molar-refractivity contribution in [3.05, 3.63) is 57.5 Å². The monoisotopic (exact) mass is 486 g/mol. The van der Waals surface area contributed by atoms with Crippen molar-refractivity contribution in [3.63, 3.8) is 0 Å². The number of carbonyl (C=O) groups is 2. The van der Waals surface area contributed by atoms with Crippen LogP contribution >= 0.6 is 11.3 Å². The molecular weight excluding hydrogens is 456 g/mol. The van der Waals surface area contributed by atoms with Gasteiger partial charge in [0.25, 0.3) is 5.91 Å². The number of hydrogen-bond donors (Lipinski definition) is 1. The first-order valence-electron chi connectivity index (χ1n) is 11.5. The van der Waals surface area contributed by atoms with Gasteiger partial charge in [-0.2, -0.15) is 0 Å². The Morgan fingerprint density at radius 1 is 1.21 bits per heavy atom. The van der Waals surface area contributed by atoms with Gasteiger partial charge in [0.05, 0.1) is 43.4 Å². The predicted octanol–water partition coefficient (Wildman–Crippen LogP) is 3.46. The second kappa shape index (κ2) is 11.0. The molecule has 0 unspecified atom stereocenters. The van der Waals surface area contributed by atoms with Gasteiger partial charge >= 0.3 is 0 Å². The smallest absolute Gasteiger partial charge is 0.290 e. The van der Waals surface area contributed by atoms with Crippen LogP contribution in [0.4, 0.5) is 0 Å². The summed E-state index contributed by atoms with van der Waals surface area (Å²) in [5.41, 5.74) is 0.786. The number of nitrogens with zero attached hydrogens (tertiary/aromatic N) is 2. The van der Waals surface area contributed by atoms with Gasteiger partial charge in [-0.3, -0.25) is 14.5 Å². The van der Waals surface area contributed by atoms with Crippen LogP contribution in [0.15, 0.2) is 47.0 Å². The lowest BCUT2D eigenvalue weighted by Crippen LogP contribution is -2.39. The summed E-state index contributed by atoms with van der Waals surface area (Å²) in [7, 11) is 1.55. The van der Waals surface area contributed by atoms with Crippen LogP contribution in [-0.2, 0) is 9.53 Å². The molecular formula is C25H30N2O6S. The fourth-order valence-corrected chi connectivity index (χ4v) is 5.10. The Morgan fingerprint density at radius 3 is 2.68 bits per heavy atom. The molecule has 1 N–H and O–H groups in total. The first-order chi connectivity index (χ1) is 16.5. The summed E-state index contributed by atoms with van der Waals surface area (Å²) in [6.07, 6.45) is 0.712. The minimum Gasteiger partial charge on any atom is -0.503 e. The Kier molecular flexibility index (Phi) is 7.87. The Morgan fingerprint density at radius 2 is 2.00 bits per heavy atom. The number of morpholine rings is 1. The second-order valence-electron chi connectivity index (χ2n) is 8.12. The first-order valence-corrected chi connectivity index (χ1v) is 12.4. The van der Waals surface area contributed by atoms with Crippen molar-refractivity contribution in [1.82, 2.24) is 9.80 Å². The first kappa shape index (κ1) is 24.3. The van der Waals surface area contributed by atoms with Crippen molar-refractivity contribution >= 4 is 23.0 Å². The number of ether oxygens (including phenoxy) is 3. The van der Waals surface area contributed by atoms with Gasteiger partial charge in [0.2, 0.25) is 5.78 Å². The number of Topliss-reactive ketones (excluding diaryl/α,β-unsaturated/α-hetero) is 1. The maximum atomic E-state index is 13.4. The Bertz CT molecular complexity index is 1050. The third-order valence-electron chi connectivity index (χ3n) is 6.07. The van der Waals surface area contributed by atoms with E-state index in [1.807, 2.05) is 13.0 Å². The molecule has 1 saturated heterocycles. The van der Waals surface area contributed by atoms with Gasteiger partial charge in [0.1, 0.15) is 0 Å². The quantitative estimate of drug-likeness (QED) is 0.515. The van der Waals surface area contributed by atoms with Gasteiger partial charge < -0.3 is 24.2 Å². The van der Waals surface area contributed by atoms with E-state index in [0.717, 1.165) is 19.6 Å². The molecule has 1 fully saturated rings. The van der Waals surface area contributed by atoms with Crippen molar-refractivity contribution in [2.45, 2.75) is 19.4 Å². The number of aliphatic hydroxyl groups is 1. The normalized spacial score (nSPS) is 19.1. The molecule has 2 aliphatic rings. The summed E-state index contributed by atoms with van der Waals surface area (Å²) < 4.78 is 16.5. The average molecular weight is 487 g/mol. The number of benzene rings is 1. The summed E-state index contributed by atoms with van der Waals surface area (Å²) in [6, 6.07) is 8.14. The van der Waals surface area contributed by atoms with Crippen LogP contribution in [0.5, 0.6) is 11.5 Å². The van der Waals surface area contributed by atoms with Gasteiger partial charge in [0.15, 0.2) is 17.3 Å². The number of carbonyl (C=O) groups excluding carboxylic acids is 2. The van der Waals surface area contributed by atoms with E-state index in [-0.39, 0.29) is 11.4 Å². The molecule has 1 atom stereocenters. The van der Waals surface area contributed by atoms with Crippen LogP contribution in [-0.4, -0.2) is 79.7 Å². The highest BCUT2D eigenvalue weighted by molar-refractivity contribution is 7.12. The topological polar surface area (TPSA) is 88.5 Å². The van der Waals surface area contributed by atoms with Crippen molar-refractivity contribution in [2.75, 3.05) is 53.1 Å². The van der Waals surface area contributed by atoms with Crippen LogP contribution < -0.4 is 9.47 Å². The highest BCUT2D eigenvalue weighted by atomic mass is 32.1. The summed E-state index contributed by atoms with van der Waals surface area (Å²) in [4.78, 5) is 30.9. The van der Waals surface area contributed by atoms with Gasteiger partial charge in [-0.1, -0.05) is 12.1 Å². The number of ketones is 1. The van der Waals surface area contributed by atoms with Crippen LogP contribution in [0.3, 0.4) is 0 Å². The lowest BCUT2D eigenvalue weighted by molar-refractivity contribution is -0.129. The molecule has 34 heavy (non-hydrogen) atoms. The number of methoxy groups -OCH3 is 1. The number of aliphatic hydroxyl groups excluding tert-OH is 1. The number of amides is 1. The lowest BCUT2D eigenvalue weighted by Gasteiger charge is -2.30. The van der Waals surface area contributed by atoms with E-state index >= 15 is 0 Å². The minimum atomic E-state index is -0.712. The lowest BCUT2D eigenvalue weighted by atomic mass is 9.95. The average Bonchev–Trinajstić information content (AvgIpc) is 3.48. The Balaban J connectivity index is 1.65.